The van der Waals surface area contributed by atoms with E-state index < -0.39 is 0 Å². The molecule has 33 heavy (non-hydrogen) atoms. The van der Waals surface area contributed by atoms with E-state index in [1.807, 2.05) is 48.5 Å². The molecule has 2 aromatic carbocycles. The van der Waals surface area contributed by atoms with E-state index in [-0.39, 0.29) is 12.5 Å². The first kappa shape index (κ1) is 24.5. The number of methoxy groups -OCH3 is 1. The average molecular weight is 470 g/mol. The Labute approximate surface area is 199 Å². The first-order valence-electron chi connectivity index (χ1n) is 11.0. The van der Waals surface area contributed by atoms with Crippen molar-refractivity contribution in [1.29, 1.82) is 0 Å². The van der Waals surface area contributed by atoms with E-state index in [0.717, 1.165) is 42.3 Å². The molecule has 176 valence electrons. The second kappa shape index (κ2) is 12.2. The Balaban J connectivity index is 1.61. The van der Waals surface area contributed by atoms with Crippen LogP contribution in [0, 0.1) is 4.77 Å². The number of nitrogens with one attached hydrogen (secondary N) is 2. The molecule has 3 rings (SSSR count). The van der Waals surface area contributed by atoms with Crippen LogP contribution in [0.3, 0.4) is 0 Å². The van der Waals surface area contributed by atoms with Gasteiger partial charge in [0.2, 0.25) is 5.91 Å². The van der Waals surface area contributed by atoms with Crippen molar-refractivity contribution in [2.45, 2.75) is 26.9 Å². The summed E-state index contributed by atoms with van der Waals surface area (Å²) < 4.78 is 13.3. The smallest absolute Gasteiger partial charge is 0.240 e. The van der Waals surface area contributed by atoms with Crippen LogP contribution in [0.2, 0.25) is 0 Å². The number of carbonyl (C=O) groups is 1. The van der Waals surface area contributed by atoms with Crippen molar-refractivity contribution in [2.24, 2.45) is 0 Å². The molecule has 0 aliphatic rings. The number of para-hydroxylation sites is 1. The first-order chi connectivity index (χ1) is 16.0. The van der Waals surface area contributed by atoms with Gasteiger partial charge < -0.3 is 19.7 Å². The number of carbonyl (C=O) groups excluding carboxylic acids is 1. The molecule has 0 spiro atoms. The van der Waals surface area contributed by atoms with Gasteiger partial charge in [-0.25, -0.2) is 0 Å². The second-order valence-electron chi connectivity index (χ2n) is 7.43. The fraction of sp³-hybridized carbons (Fsp3) is 0.375. The highest BCUT2D eigenvalue weighted by Crippen LogP contribution is 2.21. The van der Waals surface area contributed by atoms with Gasteiger partial charge in [0.1, 0.15) is 24.7 Å². The maximum atomic E-state index is 12.7. The monoisotopic (exact) mass is 469 g/mol. The molecule has 9 heteroatoms. The van der Waals surface area contributed by atoms with Crippen molar-refractivity contribution in [3.8, 4) is 22.9 Å². The van der Waals surface area contributed by atoms with Gasteiger partial charge in [-0.3, -0.25) is 14.5 Å². The molecule has 1 heterocycles. The minimum atomic E-state index is -0.166. The number of aromatic amines is 1. The Kier molecular flexibility index (Phi) is 9.03. The number of ether oxygens (including phenoxy) is 2. The van der Waals surface area contributed by atoms with E-state index in [2.05, 4.69) is 34.3 Å². The summed E-state index contributed by atoms with van der Waals surface area (Å²) in [5, 5.41) is 10.0. The summed E-state index contributed by atoms with van der Waals surface area (Å²) in [6, 6.07) is 15.2. The van der Waals surface area contributed by atoms with Gasteiger partial charge in [0.15, 0.2) is 10.6 Å². The molecule has 0 aliphatic heterocycles. The summed E-state index contributed by atoms with van der Waals surface area (Å²) in [5.41, 5.74) is 1.76. The third kappa shape index (κ3) is 6.66. The summed E-state index contributed by atoms with van der Waals surface area (Å²) in [6.45, 7) is 8.14. The van der Waals surface area contributed by atoms with Crippen LogP contribution in [0.25, 0.3) is 11.4 Å². The molecule has 1 aromatic heterocycles. The Morgan fingerprint density at radius 2 is 1.88 bits per heavy atom. The zero-order valence-electron chi connectivity index (χ0n) is 19.3. The van der Waals surface area contributed by atoms with Crippen molar-refractivity contribution in [2.75, 3.05) is 33.4 Å². The number of benzene rings is 2. The molecule has 0 radical (unpaired) electrons. The standard InChI is InChI=1S/C24H31N5O3S/c1-4-28(5-2)14-15-32-21-9-7-6-8-19(21)16-25-22(30)17-29-23(26-27-24(29)33)18-10-12-20(31-3)13-11-18/h6-13H,4-5,14-17H2,1-3H3,(H,25,30)(H,27,33). The Morgan fingerprint density at radius 1 is 1.15 bits per heavy atom. The molecule has 3 aromatic rings. The lowest BCUT2D eigenvalue weighted by molar-refractivity contribution is -0.121. The minimum absolute atomic E-state index is 0.0572. The predicted molar refractivity (Wildman–Crippen MR) is 131 cm³/mol. The summed E-state index contributed by atoms with van der Waals surface area (Å²) in [6.07, 6.45) is 0. The van der Waals surface area contributed by atoms with E-state index in [4.69, 9.17) is 21.7 Å². The fourth-order valence-electron chi connectivity index (χ4n) is 3.43. The zero-order chi connectivity index (χ0) is 23.6. The van der Waals surface area contributed by atoms with Crippen molar-refractivity contribution in [3.05, 3.63) is 58.9 Å². The number of rotatable bonds is 12. The Bertz CT molecular complexity index is 1090. The first-order valence-corrected chi connectivity index (χ1v) is 11.5. The number of amides is 1. The SMILES string of the molecule is CCN(CC)CCOc1ccccc1CNC(=O)Cn1c(-c2ccc(OC)cc2)n[nH]c1=S. The Hall–Kier alpha value is -3.17. The minimum Gasteiger partial charge on any atom is -0.497 e. The van der Waals surface area contributed by atoms with Crippen molar-refractivity contribution in [1.82, 2.24) is 25.0 Å². The largest absolute Gasteiger partial charge is 0.497 e. The molecule has 0 unspecified atom stereocenters. The van der Waals surface area contributed by atoms with Crippen LogP contribution >= 0.6 is 12.2 Å². The maximum Gasteiger partial charge on any atom is 0.240 e. The van der Waals surface area contributed by atoms with Gasteiger partial charge in [0.25, 0.3) is 0 Å². The second-order valence-corrected chi connectivity index (χ2v) is 7.81. The topological polar surface area (TPSA) is 84.4 Å². The lowest BCUT2D eigenvalue weighted by atomic mass is 10.2. The third-order valence-corrected chi connectivity index (χ3v) is 5.73. The molecule has 0 bridgehead atoms. The number of hydrogen-bond acceptors (Lipinski definition) is 6. The molecule has 0 atom stereocenters. The highest BCUT2D eigenvalue weighted by molar-refractivity contribution is 7.71. The van der Waals surface area contributed by atoms with Crippen LogP contribution in [-0.4, -0.2) is 58.9 Å². The van der Waals surface area contributed by atoms with Crippen LogP contribution in [0.1, 0.15) is 19.4 Å². The molecule has 0 fully saturated rings. The lowest BCUT2D eigenvalue weighted by Crippen LogP contribution is -2.29. The summed E-state index contributed by atoms with van der Waals surface area (Å²) in [7, 11) is 1.61. The molecule has 0 saturated carbocycles. The number of H-pyrrole nitrogens is 1. The molecule has 0 aliphatic carbocycles. The summed E-state index contributed by atoms with van der Waals surface area (Å²) in [5.74, 6) is 1.96. The quantitative estimate of drug-likeness (QED) is 0.394. The molecule has 0 saturated heterocycles. The van der Waals surface area contributed by atoms with E-state index >= 15 is 0 Å². The van der Waals surface area contributed by atoms with Crippen LogP contribution in [0.4, 0.5) is 0 Å². The highest BCUT2D eigenvalue weighted by atomic mass is 32.1. The van der Waals surface area contributed by atoms with Gasteiger partial charge >= 0.3 is 0 Å². The lowest BCUT2D eigenvalue weighted by Gasteiger charge is -2.19. The number of nitrogens with zero attached hydrogens (tertiary/aromatic N) is 3. The van der Waals surface area contributed by atoms with Gasteiger partial charge in [-0.1, -0.05) is 32.0 Å². The van der Waals surface area contributed by atoms with Gasteiger partial charge in [-0.05, 0) is 55.6 Å². The van der Waals surface area contributed by atoms with Crippen molar-refractivity contribution < 1.29 is 14.3 Å². The van der Waals surface area contributed by atoms with Crippen molar-refractivity contribution >= 4 is 18.1 Å². The van der Waals surface area contributed by atoms with Gasteiger partial charge in [-0.15, -0.1) is 0 Å². The summed E-state index contributed by atoms with van der Waals surface area (Å²) in [4.78, 5) is 15.0. The normalized spacial score (nSPS) is 10.9. The molecular weight excluding hydrogens is 438 g/mol. The predicted octanol–water partition coefficient (Wildman–Crippen LogP) is 3.65. The molecule has 2 N–H and O–H groups in total. The van der Waals surface area contributed by atoms with Crippen molar-refractivity contribution in [3.63, 3.8) is 0 Å². The molecule has 1 amide bonds. The number of hydrogen-bond donors (Lipinski definition) is 2. The van der Waals surface area contributed by atoms with E-state index in [0.29, 0.717) is 23.7 Å². The Morgan fingerprint density at radius 3 is 2.58 bits per heavy atom. The average Bonchev–Trinajstić information content (AvgIpc) is 3.21. The van der Waals surface area contributed by atoms with Gasteiger partial charge in [-0.2, -0.15) is 5.10 Å². The van der Waals surface area contributed by atoms with E-state index in [9.17, 15) is 4.79 Å². The van der Waals surface area contributed by atoms with Crippen LogP contribution in [0.15, 0.2) is 48.5 Å². The van der Waals surface area contributed by atoms with Gasteiger partial charge in [0, 0.05) is 24.2 Å². The van der Waals surface area contributed by atoms with Crippen LogP contribution in [-0.2, 0) is 17.9 Å². The fourth-order valence-corrected chi connectivity index (χ4v) is 3.63. The summed E-state index contributed by atoms with van der Waals surface area (Å²) >= 11 is 5.34. The maximum absolute atomic E-state index is 12.7. The number of likely N-dealkylation sites (N-methyl/N-ethyl adjacent to an activating group) is 1. The van der Waals surface area contributed by atoms with Crippen LogP contribution < -0.4 is 14.8 Å². The van der Waals surface area contributed by atoms with Crippen LogP contribution in [0.5, 0.6) is 11.5 Å². The zero-order valence-corrected chi connectivity index (χ0v) is 20.2. The molecular formula is C24H31N5O3S. The third-order valence-electron chi connectivity index (χ3n) is 5.42. The highest BCUT2D eigenvalue weighted by Gasteiger charge is 2.13. The number of aromatic nitrogens is 3. The van der Waals surface area contributed by atoms with E-state index in [1.54, 1.807) is 11.7 Å². The molecule has 8 nitrogen and oxygen atoms in total. The van der Waals surface area contributed by atoms with E-state index in [1.165, 1.54) is 0 Å². The van der Waals surface area contributed by atoms with Gasteiger partial charge in [0.05, 0.1) is 7.11 Å².